The number of hydrogen-bond acceptors (Lipinski definition) is 5. The summed E-state index contributed by atoms with van der Waals surface area (Å²) in [4.78, 5) is 19.4. The van der Waals surface area contributed by atoms with Gasteiger partial charge in [0.25, 0.3) is 0 Å². The van der Waals surface area contributed by atoms with Crippen molar-refractivity contribution in [1.29, 1.82) is 0 Å². The number of ether oxygens (including phenoxy) is 2. The molecule has 2 fully saturated rings. The number of amides is 1. The van der Waals surface area contributed by atoms with Gasteiger partial charge in [0.05, 0.1) is 20.8 Å². The monoisotopic (exact) mass is 361 g/mol. The number of nitrogens with zero attached hydrogens (tertiary/aromatic N) is 3. The van der Waals surface area contributed by atoms with Gasteiger partial charge in [-0.3, -0.25) is 9.69 Å². The summed E-state index contributed by atoms with van der Waals surface area (Å²) in [5, 5.41) is 0. The molecule has 0 aliphatic carbocycles. The molecule has 0 bridgehead atoms. The van der Waals surface area contributed by atoms with Crippen LogP contribution in [-0.4, -0.2) is 87.7 Å². The highest BCUT2D eigenvalue weighted by atomic mass is 16.5. The summed E-state index contributed by atoms with van der Waals surface area (Å²) < 4.78 is 11.0. The van der Waals surface area contributed by atoms with E-state index in [2.05, 4.69) is 22.9 Å². The normalized spacial score (nSPS) is 22.3. The Kier molecular flexibility index (Phi) is 6.38. The van der Waals surface area contributed by atoms with E-state index in [9.17, 15) is 4.79 Å². The van der Waals surface area contributed by atoms with Crippen molar-refractivity contribution in [3.8, 4) is 11.5 Å². The Morgan fingerprint density at radius 3 is 2.73 bits per heavy atom. The smallest absolute Gasteiger partial charge is 0.236 e. The molecule has 2 saturated heterocycles. The maximum atomic E-state index is 12.8. The van der Waals surface area contributed by atoms with Crippen molar-refractivity contribution < 1.29 is 14.3 Å². The van der Waals surface area contributed by atoms with Crippen molar-refractivity contribution >= 4 is 5.91 Å². The van der Waals surface area contributed by atoms with E-state index in [1.165, 1.54) is 0 Å². The Labute approximate surface area is 156 Å². The predicted octanol–water partition coefficient (Wildman–Crippen LogP) is 1.66. The quantitative estimate of drug-likeness (QED) is 0.798. The lowest BCUT2D eigenvalue weighted by molar-refractivity contribution is -0.131. The molecule has 2 aliphatic rings. The van der Waals surface area contributed by atoms with Crippen LogP contribution in [0.25, 0.3) is 0 Å². The minimum Gasteiger partial charge on any atom is -0.493 e. The summed E-state index contributed by atoms with van der Waals surface area (Å²) in [6.07, 6.45) is 2.10. The summed E-state index contributed by atoms with van der Waals surface area (Å²) >= 11 is 0. The first kappa shape index (κ1) is 19.0. The SMILES string of the molecule is COc1cccc(C2CCN(C(=O)CN3CCCN(C)CC3)C2)c1OC. The summed E-state index contributed by atoms with van der Waals surface area (Å²) in [5.74, 6) is 2.10. The van der Waals surface area contributed by atoms with Crippen molar-refractivity contribution in [2.45, 2.75) is 18.8 Å². The molecule has 0 N–H and O–H groups in total. The number of rotatable bonds is 5. The molecule has 0 spiro atoms. The van der Waals surface area contributed by atoms with Gasteiger partial charge < -0.3 is 19.3 Å². The van der Waals surface area contributed by atoms with E-state index in [4.69, 9.17) is 9.47 Å². The van der Waals surface area contributed by atoms with Gasteiger partial charge in [0.1, 0.15) is 0 Å². The average Bonchev–Trinajstić information content (AvgIpc) is 3.06. The number of para-hydroxylation sites is 1. The van der Waals surface area contributed by atoms with Gasteiger partial charge in [0.15, 0.2) is 11.5 Å². The second-order valence-electron chi connectivity index (χ2n) is 7.34. The zero-order valence-electron chi connectivity index (χ0n) is 16.2. The number of methoxy groups -OCH3 is 2. The first-order chi connectivity index (χ1) is 12.6. The van der Waals surface area contributed by atoms with E-state index in [1.807, 2.05) is 17.0 Å². The molecule has 1 atom stereocenters. The number of carbonyl (C=O) groups is 1. The van der Waals surface area contributed by atoms with Gasteiger partial charge in [-0.1, -0.05) is 12.1 Å². The summed E-state index contributed by atoms with van der Waals surface area (Å²) in [7, 11) is 5.48. The van der Waals surface area contributed by atoms with Crippen LogP contribution >= 0.6 is 0 Å². The highest BCUT2D eigenvalue weighted by Gasteiger charge is 2.30. The van der Waals surface area contributed by atoms with Crippen molar-refractivity contribution in [3.05, 3.63) is 23.8 Å². The van der Waals surface area contributed by atoms with Gasteiger partial charge in [0.2, 0.25) is 5.91 Å². The largest absolute Gasteiger partial charge is 0.493 e. The zero-order chi connectivity index (χ0) is 18.5. The lowest BCUT2D eigenvalue weighted by atomic mass is 9.97. The number of likely N-dealkylation sites (N-methyl/N-ethyl adjacent to an activating group) is 1. The maximum Gasteiger partial charge on any atom is 0.236 e. The Balaban J connectivity index is 1.61. The van der Waals surface area contributed by atoms with Gasteiger partial charge in [-0.2, -0.15) is 0 Å². The molecule has 3 rings (SSSR count). The standard InChI is InChI=1S/C20H31N3O3/c1-21-9-5-10-22(13-12-21)15-19(24)23-11-8-16(14-23)17-6-4-7-18(25-2)20(17)26-3/h4,6-7,16H,5,8-15H2,1-3H3. The van der Waals surface area contributed by atoms with Crippen molar-refractivity contribution in [2.75, 3.05) is 67.1 Å². The Morgan fingerprint density at radius 2 is 1.96 bits per heavy atom. The number of benzene rings is 1. The van der Waals surface area contributed by atoms with Gasteiger partial charge >= 0.3 is 0 Å². The molecule has 0 aromatic heterocycles. The van der Waals surface area contributed by atoms with E-state index >= 15 is 0 Å². The van der Waals surface area contributed by atoms with Crippen LogP contribution in [0, 0.1) is 0 Å². The van der Waals surface area contributed by atoms with Crippen LogP contribution in [0.1, 0.15) is 24.3 Å². The second kappa shape index (κ2) is 8.73. The van der Waals surface area contributed by atoms with Crippen LogP contribution in [-0.2, 0) is 4.79 Å². The van der Waals surface area contributed by atoms with E-state index in [0.717, 1.165) is 69.2 Å². The van der Waals surface area contributed by atoms with Crippen LogP contribution in [0.2, 0.25) is 0 Å². The fourth-order valence-electron chi connectivity index (χ4n) is 4.02. The molecule has 1 unspecified atom stereocenters. The lowest BCUT2D eigenvalue weighted by Crippen LogP contribution is -2.40. The number of hydrogen-bond donors (Lipinski definition) is 0. The molecular weight excluding hydrogens is 330 g/mol. The lowest BCUT2D eigenvalue weighted by Gasteiger charge is -2.24. The molecular formula is C20H31N3O3. The molecule has 0 saturated carbocycles. The van der Waals surface area contributed by atoms with E-state index in [0.29, 0.717) is 12.5 Å². The van der Waals surface area contributed by atoms with Crippen LogP contribution in [0.4, 0.5) is 0 Å². The fraction of sp³-hybridized carbons (Fsp3) is 0.650. The van der Waals surface area contributed by atoms with Crippen LogP contribution in [0.5, 0.6) is 11.5 Å². The molecule has 2 aliphatic heterocycles. The highest BCUT2D eigenvalue weighted by molar-refractivity contribution is 5.78. The van der Waals surface area contributed by atoms with Gasteiger partial charge in [-0.05, 0) is 39.0 Å². The molecule has 26 heavy (non-hydrogen) atoms. The minimum atomic E-state index is 0.249. The van der Waals surface area contributed by atoms with Crippen LogP contribution < -0.4 is 9.47 Å². The Bertz CT molecular complexity index is 622. The van der Waals surface area contributed by atoms with Crippen LogP contribution in [0.15, 0.2) is 18.2 Å². The van der Waals surface area contributed by atoms with Crippen molar-refractivity contribution in [3.63, 3.8) is 0 Å². The molecule has 1 aromatic rings. The topological polar surface area (TPSA) is 45.2 Å². The van der Waals surface area contributed by atoms with Crippen molar-refractivity contribution in [2.24, 2.45) is 0 Å². The minimum absolute atomic E-state index is 0.249. The van der Waals surface area contributed by atoms with Crippen LogP contribution in [0.3, 0.4) is 0 Å². The molecule has 1 aromatic carbocycles. The Hall–Kier alpha value is -1.79. The third kappa shape index (κ3) is 4.30. The van der Waals surface area contributed by atoms with E-state index in [-0.39, 0.29) is 5.91 Å². The molecule has 6 nitrogen and oxygen atoms in total. The summed E-state index contributed by atoms with van der Waals surface area (Å²) in [6, 6.07) is 6.00. The third-order valence-electron chi connectivity index (χ3n) is 5.59. The fourth-order valence-corrected chi connectivity index (χ4v) is 4.02. The predicted molar refractivity (Wildman–Crippen MR) is 102 cm³/mol. The summed E-state index contributed by atoms with van der Waals surface area (Å²) in [6.45, 7) is 6.26. The first-order valence-corrected chi connectivity index (χ1v) is 9.52. The third-order valence-corrected chi connectivity index (χ3v) is 5.59. The zero-order valence-corrected chi connectivity index (χ0v) is 16.2. The number of likely N-dealkylation sites (tertiary alicyclic amines) is 1. The highest BCUT2D eigenvalue weighted by Crippen LogP contribution is 2.39. The average molecular weight is 361 g/mol. The van der Waals surface area contributed by atoms with Gasteiger partial charge in [-0.15, -0.1) is 0 Å². The Morgan fingerprint density at radius 1 is 1.12 bits per heavy atom. The molecule has 1 amide bonds. The van der Waals surface area contributed by atoms with E-state index < -0.39 is 0 Å². The molecule has 6 heteroatoms. The van der Waals surface area contributed by atoms with Gasteiger partial charge in [0, 0.05) is 37.7 Å². The maximum absolute atomic E-state index is 12.8. The molecule has 144 valence electrons. The summed E-state index contributed by atoms with van der Waals surface area (Å²) in [5.41, 5.74) is 1.14. The van der Waals surface area contributed by atoms with Gasteiger partial charge in [-0.25, -0.2) is 0 Å². The van der Waals surface area contributed by atoms with E-state index in [1.54, 1.807) is 14.2 Å². The van der Waals surface area contributed by atoms with Crippen molar-refractivity contribution in [1.82, 2.24) is 14.7 Å². The molecule has 2 heterocycles. The first-order valence-electron chi connectivity index (χ1n) is 9.52. The number of carbonyl (C=O) groups excluding carboxylic acids is 1. The second-order valence-corrected chi connectivity index (χ2v) is 7.34. The molecule has 0 radical (unpaired) electrons.